The van der Waals surface area contributed by atoms with Gasteiger partial charge in [-0.05, 0) is 36.5 Å². The highest BCUT2D eigenvalue weighted by Gasteiger charge is 2.26. The summed E-state index contributed by atoms with van der Waals surface area (Å²) in [7, 11) is 0. The second-order valence-corrected chi connectivity index (χ2v) is 5.87. The minimum Gasteiger partial charge on any atom is -0.486 e. The second kappa shape index (κ2) is 6.20. The molecule has 0 radical (unpaired) electrons. The molecule has 3 rings (SSSR count). The molecule has 5 heteroatoms. The fourth-order valence-electron chi connectivity index (χ4n) is 3.04. The molecule has 0 aromatic heterocycles. The van der Waals surface area contributed by atoms with E-state index in [1.54, 1.807) is 0 Å². The van der Waals surface area contributed by atoms with E-state index in [1.165, 1.54) is 6.42 Å². The summed E-state index contributed by atoms with van der Waals surface area (Å²) in [6, 6.07) is 4.30. The van der Waals surface area contributed by atoms with E-state index in [-0.39, 0.29) is 6.61 Å². The number of rotatable bonds is 4. The standard InChI is InChI=1S/C15H20ClNO3/c16-12-6-10(7-14-15(12)20-5-4-19-14)8-17-13-3-1-2-11(13)9-18/h6-7,11,13,17-18H,1-5,8-9H2. The lowest BCUT2D eigenvalue weighted by atomic mass is 10.0. The summed E-state index contributed by atoms with van der Waals surface area (Å²) in [5.41, 5.74) is 1.09. The van der Waals surface area contributed by atoms with Crippen LogP contribution in [0.5, 0.6) is 11.5 Å². The summed E-state index contributed by atoms with van der Waals surface area (Å²) in [6.07, 6.45) is 3.42. The molecule has 2 atom stereocenters. The Morgan fingerprint density at radius 3 is 2.95 bits per heavy atom. The third-order valence-electron chi connectivity index (χ3n) is 4.12. The summed E-state index contributed by atoms with van der Waals surface area (Å²) in [5, 5.41) is 13.5. The van der Waals surface area contributed by atoms with Gasteiger partial charge in [0.15, 0.2) is 11.5 Å². The number of hydrogen-bond acceptors (Lipinski definition) is 4. The molecule has 2 unspecified atom stereocenters. The Kier molecular flexibility index (Phi) is 4.34. The molecule has 4 nitrogen and oxygen atoms in total. The van der Waals surface area contributed by atoms with Crippen molar-refractivity contribution in [2.75, 3.05) is 19.8 Å². The van der Waals surface area contributed by atoms with Crippen LogP contribution in [0.25, 0.3) is 0 Å². The Bertz CT molecular complexity index is 480. The van der Waals surface area contributed by atoms with E-state index < -0.39 is 0 Å². The zero-order valence-corrected chi connectivity index (χ0v) is 12.2. The van der Waals surface area contributed by atoms with Gasteiger partial charge in [-0.1, -0.05) is 18.0 Å². The quantitative estimate of drug-likeness (QED) is 0.896. The first-order valence-electron chi connectivity index (χ1n) is 7.20. The molecule has 1 aliphatic heterocycles. The highest BCUT2D eigenvalue weighted by Crippen LogP contribution is 2.38. The molecule has 0 spiro atoms. The Hall–Kier alpha value is -0.970. The van der Waals surface area contributed by atoms with Gasteiger partial charge < -0.3 is 19.9 Å². The number of nitrogens with one attached hydrogen (secondary N) is 1. The van der Waals surface area contributed by atoms with Crippen molar-refractivity contribution in [1.29, 1.82) is 0 Å². The van der Waals surface area contributed by atoms with Crippen molar-refractivity contribution in [3.05, 3.63) is 22.7 Å². The van der Waals surface area contributed by atoms with Crippen LogP contribution in [-0.2, 0) is 6.54 Å². The van der Waals surface area contributed by atoms with E-state index in [0.717, 1.165) is 30.7 Å². The SMILES string of the molecule is OCC1CCCC1NCc1cc(Cl)c2c(c1)OCCO2. The molecule has 1 aromatic rings. The maximum atomic E-state index is 9.34. The maximum Gasteiger partial charge on any atom is 0.179 e. The number of halogens is 1. The average Bonchev–Trinajstić information content (AvgIpc) is 2.93. The zero-order chi connectivity index (χ0) is 13.9. The molecule has 0 bridgehead atoms. The average molecular weight is 298 g/mol. The zero-order valence-electron chi connectivity index (χ0n) is 11.4. The molecular weight excluding hydrogens is 278 g/mol. The lowest BCUT2D eigenvalue weighted by molar-refractivity contribution is 0.171. The van der Waals surface area contributed by atoms with Gasteiger partial charge in [-0.15, -0.1) is 0 Å². The third-order valence-corrected chi connectivity index (χ3v) is 4.40. The van der Waals surface area contributed by atoms with Crippen molar-refractivity contribution in [3.8, 4) is 11.5 Å². The molecule has 1 aliphatic carbocycles. The summed E-state index contributed by atoms with van der Waals surface area (Å²) < 4.78 is 11.1. The molecular formula is C15H20ClNO3. The molecule has 20 heavy (non-hydrogen) atoms. The fourth-order valence-corrected chi connectivity index (χ4v) is 3.33. The molecule has 1 saturated carbocycles. The molecule has 0 saturated heterocycles. The van der Waals surface area contributed by atoms with Gasteiger partial charge in [0.05, 0.1) is 5.02 Å². The maximum absolute atomic E-state index is 9.34. The van der Waals surface area contributed by atoms with Gasteiger partial charge in [0.2, 0.25) is 0 Å². The molecule has 2 aliphatic rings. The van der Waals surface area contributed by atoms with Gasteiger partial charge in [-0.2, -0.15) is 0 Å². The van der Waals surface area contributed by atoms with Gasteiger partial charge in [0.1, 0.15) is 13.2 Å². The van der Waals surface area contributed by atoms with Crippen LogP contribution in [0.4, 0.5) is 0 Å². The predicted molar refractivity (Wildman–Crippen MR) is 77.5 cm³/mol. The number of hydrogen-bond donors (Lipinski definition) is 2. The van der Waals surface area contributed by atoms with Gasteiger partial charge in [0.25, 0.3) is 0 Å². The Morgan fingerprint density at radius 1 is 1.25 bits per heavy atom. The van der Waals surface area contributed by atoms with Gasteiger partial charge in [0, 0.05) is 19.2 Å². The van der Waals surface area contributed by atoms with Crippen molar-refractivity contribution < 1.29 is 14.6 Å². The molecule has 1 aromatic carbocycles. The van der Waals surface area contributed by atoms with Crippen LogP contribution in [-0.4, -0.2) is 31.0 Å². The van der Waals surface area contributed by atoms with Crippen molar-refractivity contribution >= 4 is 11.6 Å². The first-order chi connectivity index (χ1) is 9.78. The van der Waals surface area contributed by atoms with E-state index in [9.17, 15) is 5.11 Å². The number of benzene rings is 1. The Morgan fingerprint density at radius 2 is 2.10 bits per heavy atom. The molecule has 1 fully saturated rings. The lowest BCUT2D eigenvalue weighted by Crippen LogP contribution is -2.33. The number of ether oxygens (including phenoxy) is 2. The van der Waals surface area contributed by atoms with Crippen molar-refractivity contribution in [2.24, 2.45) is 5.92 Å². The predicted octanol–water partition coefficient (Wildman–Crippen LogP) is 2.36. The largest absolute Gasteiger partial charge is 0.486 e. The van der Waals surface area contributed by atoms with Crippen LogP contribution in [0, 0.1) is 5.92 Å². The highest BCUT2D eigenvalue weighted by molar-refractivity contribution is 6.32. The highest BCUT2D eigenvalue weighted by atomic mass is 35.5. The summed E-state index contributed by atoms with van der Waals surface area (Å²) in [4.78, 5) is 0. The van der Waals surface area contributed by atoms with E-state index in [4.69, 9.17) is 21.1 Å². The molecule has 1 heterocycles. The molecule has 2 N–H and O–H groups in total. The van der Waals surface area contributed by atoms with Gasteiger partial charge in [-0.3, -0.25) is 0 Å². The minimum absolute atomic E-state index is 0.263. The smallest absolute Gasteiger partial charge is 0.179 e. The van der Waals surface area contributed by atoms with E-state index in [2.05, 4.69) is 5.32 Å². The van der Waals surface area contributed by atoms with Crippen LogP contribution in [0.1, 0.15) is 24.8 Å². The summed E-state index contributed by atoms with van der Waals surface area (Å²) in [6.45, 7) is 2.11. The van der Waals surface area contributed by atoms with E-state index >= 15 is 0 Å². The van der Waals surface area contributed by atoms with Crippen molar-refractivity contribution in [3.63, 3.8) is 0 Å². The Labute approximate surface area is 124 Å². The van der Waals surface area contributed by atoms with Crippen molar-refractivity contribution in [2.45, 2.75) is 31.8 Å². The first-order valence-corrected chi connectivity index (χ1v) is 7.58. The fraction of sp³-hybridized carbons (Fsp3) is 0.600. The van der Waals surface area contributed by atoms with Crippen LogP contribution in [0.3, 0.4) is 0 Å². The van der Waals surface area contributed by atoms with Crippen LogP contribution in [0.2, 0.25) is 5.02 Å². The summed E-state index contributed by atoms with van der Waals surface area (Å²) in [5.74, 6) is 1.75. The first kappa shape index (κ1) is 14.0. The van der Waals surface area contributed by atoms with E-state index in [0.29, 0.717) is 35.9 Å². The number of aliphatic hydroxyl groups is 1. The van der Waals surface area contributed by atoms with Gasteiger partial charge in [-0.25, -0.2) is 0 Å². The Balaban J connectivity index is 1.67. The third kappa shape index (κ3) is 2.87. The molecule has 0 amide bonds. The van der Waals surface area contributed by atoms with Crippen LogP contribution in [0.15, 0.2) is 12.1 Å². The lowest BCUT2D eigenvalue weighted by Gasteiger charge is -2.22. The monoisotopic (exact) mass is 297 g/mol. The van der Waals surface area contributed by atoms with Gasteiger partial charge >= 0.3 is 0 Å². The van der Waals surface area contributed by atoms with Crippen LogP contribution < -0.4 is 14.8 Å². The molecule has 110 valence electrons. The number of fused-ring (bicyclic) bond motifs is 1. The van der Waals surface area contributed by atoms with Crippen molar-refractivity contribution in [1.82, 2.24) is 5.32 Å². The normalized spacial score (nSPS) is 24.9. The number of aliphatic hydroxyl groups excluding tert-OH is 1. The summed E-state index contributed by atoms with van der Waals surface area (Å²) >= 11 is 6.23. The minimum atomic E-state index is 0.263. The topological polar surface area (TPSA) is 50.7 Å². The van der Waals surface area contributed by atoms with Crippen LogP contribution >= 0.6 is 11.6 Å². The van der Waals surface area contributed by atoms with E-state index in [1.807, 2.05) is 12.1 Å². The second-order valence-electron chi connectivity index (χ2n) is 5.46.